The van der Waals surface area contributed by atoms with Crippen molar-refractivity contribution in [3.8, 4) is 0 Å². The first kappa shape index (κ1) is 13.2. The van der Waals surface area contributed by atoms with Gasteiger partial charge in [0, 0.05) is 11.7 Å². The number of aryl methyl sites for hydroxylation is 2. The second-order valence-electron chi connectivity index (χ2n) is 6.99. The molecule has 1 aromatic rings. The molecule has 2 unspecified atom stereocenters. The van der Waals surface area contributed by atoms with E-state index in [1.807, 2.05) is 6.07 Å². The van der Waals surface area contributed by atoms with Crippen LogP contribution in [-0.4, -0.2) is 12.1 Å². The molecule has 0 bridgehead atoms. The Kier molecular flexibility index (Phi) is 3.36. The lowest BCUT2D eigenvalue weighted by Crippen LogP contribution is -2.32. The van der Waals surface area contributed by atoms with Gasteiger partial charge in [-0.25, -0.2) is 4.79 Å². The van der Waals surface area contributed by atoms with Crippen molar-refractivity contribution >= 4 is 11.7 Å². The molecule has 2 N–H and O–H groups in total. The van der Waals surface area contributed by atoms with Crippen LogP contribution in [0, 0.1) is 11.8 Å². The summed E-state index contributed by atoms with van der Waals surface area (Å²) in [7, 11) is 0. The number of fused-ring (bicyclic) bond motifs is 1. The molecule has 0 heterocycles. The van der Waals surface area contributed by atoms with Crippen LogP contribution < -0.4 is 10.6 Å². The molecule has 3 heteroatoms. The summed E-state index contributed by atoms with van der Waals surface area (Å²) in [5.74, 6) is 1.62. The van der Waals surface area contributed by atoms with E-state index in [4.69, 9.17) is 0 Å². The van der Waals surface area contributed by atoms with Crippen molar-refractivity contribution in [2.24, 2.45) is 11.8 Å². The number of anilines is 1. The van der Waals surface area contributed by atoms with E-state index in [-0.39, 0.29) is 6.03 Å². The third-order valence-corrected chi connectivity index (χ3v) is 5.52. The van der Waals surface area contributed by atoms with Crippen LogP contribution in [0.2, 0.25) is 0 Å². The van der Waals surface area contributed by atoms with E-state index in [0.717, 1.165) is 23.9 Å². The van der Waals surface area contributed by atoms with E-state index >= 15 is 0 Å². The summed E-state index contributed by atoms with van der Waals surface area (Å²) in [6.07, 6.45) is 10.3. The summed E-state index contributed by atoms with van der Waals surface area (Å²) in [4.78, 5) is 12.1. The van der Waals surface area contributed by atoms with Crippen molar-refractivity contribution in [3.63, 3.8) is 0 Å². The number of hydrogen-bond donors (Lipinski definition) is 2. The molecule has 3 aliphatic carbocycles. The number of nitrogens with one attached hydrogen (secondary N) is 2. The van der Waals surface area contributed by atoms with Crippen LogP contribution in [0.15, 0.2) is 18.2 Å². The predicted octanol–water partition coefficient (Wildman–Crippen LogP) is 3.88. The first-order chi connectivity index (χ1) is 10.3. The van der Waals surface area contributed by atoms with Crippen LogP contribution in [-0.2, 0) is 12.8 Å². The molecule has 0 saturated heterocycles. The van der Waals surface area contributed by atoms with Gasteiger partial charge in [0.1, 0.15) is 0 Å². The van der Waals surface area contributed by atoms with E-state index in [1.54, 1.807) is 0 Å². The highest BCUT2D eigenvalue weighted by atomic mass is 16.2. The number of hydrogen-bond acceptors (Lipinski definition) is 1. The molecular formula is C18H24N2O. The van der Waals surface area contributed by atoms with Crippen LogP contribution >= 0.6 is 0 Å². The minimum Gasteiger partial charge on any atom is -0.335 e. The zero-order valence-electron chi connectivity index (χ0n) is 12.5. The molecule has 112 valence electrons. The molecule has 0 aromatic heterocycles. The smallest absolute Gasteiger partial charge is 0.319 e. The van der Waals surface area contributed by atoms with Crippen molar-refractivity contribution in [1.82, 2.24) is 5.32 Å². The van der Waals surface area contributed by atoms with Crippen molar-refractivity contribution in [2.45, 2.75) is 57.4 Å². The maximum absolute atomic E-state index is 12.1. The summed E-state index contributed by atoms with van der Waals surface area (Å²) >= 11 is 0. The molecule has 21 heavy (non-hydrogen) atoms. The van der Waals surface area contributed by atoms with Gasteiger partial charge < -0.3 is 10.6 Å². The quantitative estimate of drug-likeness (QED) is 0.869. The van der Waals surface area contributed by atoms with Gasteiger partial charge in [0.25, 0.3) is 0 Å². The number of benzene rings is 1. The first-order valence-corrected chi connectivity index (χ1v) is 8.49. The standard InChI is InChI=1S/C18H24N2O/c21-18(20-17-11-16(17)13-4-1-2-5-13)19-15-9-8-12-6-3-7-14(12)10-15/h8-10,13,16-17H,1-7,11H2,(H2,19,20,21). The molecule has 1 aromatic carbocycles. The molecule has 0 aliphatic heterocycles. The Labute approximate surface area is 126 Å². The number of rotatable bonds is 3. The fourth-order valence-corrected chi connectivity index (χ4v) is 4.27. The normalized spacial score (nSPS) is 27.4. The largest absolute Gasteiger partial charge is 0.335 e. The van der Waals surface area contributed by atoms with Crippen LogP contribution in [0.3, 0.4) is 0 Å². The Morgan fingerprint density at radius 1 is 1.05 bits per heavy atom. The first-order valence-electron chi connectivity index (χ1n) is 8.49. The lowest BCUT2D eigenvalue weighted by atomic mass is 10.0. The van der Waals surface area contributed by atoms with Gasteiger partial charge in [-0.3, -0.25) is 0 Å². The van der Waals surface area contributed by atoms with E-state index in [9.17, 15) is 4.79 Å². The van der Waals surface area contributed by atoms with E-state index in [0.29, 0.717) is 6.04 Å². The fraction of sp³-hybridized carbons (Fsp3) is 0.611. The monoisotopic (exact) mass is 284 g/mol. The third kappa shape index (κ3) is 2.78. The lowest BCUT2D eigenvalue weighted by molar-refractivity contribution is 0.250. The van der Waals surface area contributed by atoms with E-state index in [2.05, 4.69) is 22.8 Å². The van der Waals surface area contributed by atoms with Crippen LogP contribution in [0.25, 0.3) is 0 Å². The highest BCUT2D eigenvalue weighted by molar-refractivity contribution is 5.89. The molecule has 2 fully saturated rings. The van der Waals surface area contributed by atoms with Gasteiger partial charge in [-0.05, 0) is 60.8 Å². The van der Waals surface area contributed by atoms with Gasteiger partial charge in [0.15, 0.2) is 0 Å². The Bertz CT molecular complexity index is 548. The zero-order chi connectivity index (χ0) is 14.2. The summed E-state index contributed by atoms with van der Waals surface area (Å²) in [5.41, 5.74) is 3.79. The number of carbonyl (C=O) groups excluding carboxylic acids is 1. The number of carbonyl (C=O) groups is 1. The minimum atomic E-state index is -0.0292. The molecule has 2 amide bonds. The second kappa shape index (κ2) is 5.36. The van der Waals surface area contributed by atoms with Gasteiger partial charge in [0.05, 0.1) is 0 Å². The maximum Gasteiger partial charge on any atom is 0.319 e. The van der Waals surface area contributed by atoms with Crippen molar-refractivity contribution < 1.29 is 4.79 Å². The van der Waals surface area contributed by atoms with Crippen LogP contribution in [0.5, 0.6) is 0 Å². The average molecular weight is 284 g/mol. The second-order valence-corrected chi connectivity index (χ2v) is 6.99. The topological polar surface area (TPSA) is 41.1 Å². The van der Waals surface area contributed by atoms with Gasteiger partial charge in [-0.15, -0.1) is 0 Å². The van der Waals surface area contributed by atoms with Gasteiger partial charge in [-0.1, -0.05) is 31.7 Å². The van der Waals surface area contributed by atoms with Crippen LogP contribution in [0.4, 0.5) is 10.5 Å². The van der Waals surface area contributed by atoms with E-state index in [1.165, 1.54) is 56.1 Å². The summed E-state index contributed by atoms with van der Waals surface area (Å²) in [6, 6.07) is 6.73. The zero-order valence-corrected chi connectivity index (χ0v) is 12.5. The highest BCUT2D eigenvalue weighted by Crippen LogP contribution is 2.45. The van der Waals surface area contributed by atoms with Crippen molar-refractivity contribution in [3.05, 3.63) is 29.3 Å². The third-order valence-electron chi connectivity index (χ3n) is 5.52. The Morgan fingerprint density at radius 2 is 1.86 bits per heavy atom. The summed E-state index contributed by atoms with van der Waals surface area (Å²) < 4.78 is 0. The van der Waals surface area contributed by atoms with Gasteiger partial charge >= 0.3 is 6.03 Å². The number of amides is 2. The Balaban J connectivity index is 1.30. The van der Waals surface area contributed by atoms with Crippen molar-refractivity contribution in [1.29, 1.82) is 0 Å². The summed E-state index contributed by atoms with van der Waals surface area (Å²) in [5, 5.41) is 6.15. The fourth-order valence-electron chi connectivity index (χ4n) is 4.27. The average Bonchev–Trinajstić information content (AvgIpc) is 2.93. The maximum atomic E-state index is 12.1. The highest BCUT2D eigenvalue weighted by Gasteiger charge is 2.44. The molecule has 3 nitrogen and oxygen atoms in total. The predicted molar refractivity (Wildman–Crippen MR) is 84.5 cm³/mol. The summed E-state index contributed by atoms with van der Waals surface area (Å²) in [6.45, 7) is 0. The molecule has 4 rings (SSSR count). The van der Waals surface area contributed by atoms with Gasteiger partial charge in [-0.2, -0.15) is 0 Å². The Hall–Kier alpha value is -1.51. The minimum absolute atomic E-state index is 0.0292. The molecule has 0 radical (unpaired) electrons. The SMILES string of the molecule is O=C(Nc1ccc2c(c1)CCC2)NC1CC1C1CCCC1. The molecule has 2 atom stereocenters. The Morgan fingerprint density at radius 3 is 2.71 bits per heavy atom. The number of urea groups is 1. The van der Waals surface area contributed by atoms with Crippen molar-refractivity contribution in [2.75, 3.05) is 5.32 Å². The molecule has 2 saturated carbocycles. The van der Waals surface area contributed by atoms with Gasteiger partial charge in [0.2, 0.25) is 0 Å². The molecule has 3 aliphatic rings. The molecule has 0 spiro atoms. The molecular weight excluding hydrogens is 260 g/mol. The lowest BCUT2D eigenvalue weighted by Gasteiger charge is -2.11. The van der Waals surface area contributed by atoms with Crippen LogP contribution in [0.1, 0.15) is 49.7 Å². The van der Waals surface area contributed by atoms with E-state index < -0.39 is 0 Å².